The van der Waals surface area contributed by atoms with Crippen LogP contribution in [0.2, 0.25) is 0 Å². The van der Waals surface area contributed by atoms with Crippen molar-refractivity contribution in [1.29, 1.82) is 0 Å². The third-order valence-electron chi connectivity index (χ3n) is 4.09. The second-order valence-corrected chi connectivity index (χ2v) is 6.20. The first-order valence-corrected chi connectivity index (χ1v) is 8.34. The molecule has 1 saturated heterocycles. The summed E-state index contributed by atoms with van der Waals surface area (Å²) in [6, 6.07) is 3.75. The van der Waals surface area contributed by atoms with Gasteiger partial charge in [-0.15, -0.1) is 5.10 Å². The first kappa shape index (κ1) is 16.7. The third kappa shape index (κ3) is 3.85. The van der Waals surface area contributed by atoms with Crippen LogP contribution in [-0.2, 0) is 11.3 Å². The summed E-state index contributed by atoms with van der Waals surface area (Å²) in [4.78, 5) is 23.5. The molecule has 0 amide bonds. The summed E-state index contributed by atoms with van der Waals surface area (Å²) < 4.78 is 6.90. The fourth-order valence-corrected chi connectivity index (χ4v) is 2.68. The molecule has 128 valence electrons. The van der Waals surface area contributed by atoms with Crippen molar-refractivity contribution >= 4 is 0 Å². The predicted molar refractivity (Wildman–Crippen MR) is 90.9 cm³/mol. The van der Waals surface area contributed by atoms with Crippen LogP contribution < -0.4 is 5.56 Å². The number of nitrogens with zero attached hydrogens (tertiary/aromatic N) is 5. The Kier molecular flexibility index (Phi) is 5.32. The van der Waals surface area contributed by atoms with Gasteiger partial charge >= 0.3 is 0 Å². The van der Waals surface area contributed by atoms with Crippen molar-refractivity contribution in [2.24, 2.45) is 0 Å². The van der Waals surface area contributed by atoms with Gasteiger partial charge < -0.3 is 4.74 Å². The molecule has 7 nitrogen and oxygen atoms in total. The summed E-state index contributed by atoms with van der Waals surface area (Å²) in [5.41, 5.74) is 1.26. The smallest absolute Gasteiger partial charge is 0.288 e. The monoisotopic (exact) mass is 329 g/mol. The van der Waals surface area contributed by atoms with Gasteiger partial charge in [0.05, 0.1) is 19.8 Å². The molecule has 1 fully saturated rings. The van der Waals surface area contributed by atoms with Gasteiger partial charge in [0.25, 0.3) is 5.56 Å². The van der Waals surface area contributed by atoms with Crippen LogP contribution in [0.1, 0.15) is 25.5 Å². The maximum atomic E-state index is 12.6. The van der Waals surface area contributed by atoms with Crippen LogP contribution in [0, 0.1) is 0 Å². The molecule has 0 N–H and O–H groups in total. The molecule has 0 spiro atoms. The van der Waals surface area contributed by atoms with Gasteiger partial charge in [0.1, 0.15) is 5.69 Å². The fraction of sp³-hybridized carbons (Fsp3) is 0.529. The van der Waals surface area contributed by atoms with E-state index in [1.165, 1.54) is 0 Å². The number of hydrogen-bond donors (Lipinski definition) is 0. The SMILES string of the molecule is CC(C)c1nc(-c2cccnc2)nn(CCN2CCOCC2)c1=O. The molecule has 0 atom stereocenters. The van der Waals surface area contributed by atoms with Gasteiger partial charge in [0.2, 0.25) is 0 Å². The maximum Gasteiger partial charge on any atom is 0.288 e. The van der Waals surface area contributed by atoms with Crippen molar-refractivity contribution in [1.82, 2.24) is 24.6 Å². The summed E-state index contributed by atoms with van der Waals surface area (Å²) >= 11 is 0. The average molecular weight is 329 g/mol. The fourth-order valence-electron chi connectivity index (χ4n) is 2.68. The summed E-state index contributed by atoms with van der Waals surface area (Å²) in [6.45, 7) is 8.57. The lowest BCUT2D eigenvalue weighted by Crippen LogP contribution is -2.40. The zero-order valence-electron chi connectivity index (χ0n) is 14.2. The van der Waals surface area contributed by atoms with Gasteiger partial charge in [-0.25, -0.2) is 9.67 Å². The topological polar surface area (TPSA) is 73.1 Å². The highest BCUT2D eigenvalue weighted by atomic mass is 16.5. The highest BCUT2D eigenvalue weighted by Gasteiger charge is 2.16. The molecule has 0 saturated carbocycles. The average Bonchev–Trinajstić information content (AvgIpc) is 2.62. The molecule has 0 bridgehead atoms. The molecule has 0 aliphatic carbocycles. The highest BCUT2D eigenvalue weighted by molar-refractivity contribution is 5.52. The molecule has 7 heteroatoms. The number of aromatic nitrogens is 4. The molecule has 1 aliphatic heterocycles. The van der Waals surface area contributed by atoms with Crippen LogP contribution in [0.15, 0.2) is 29.3 Å². The van der Waals surface area contributed by atoms with Gasteiger partial charge in [-0.2, -0.15) is 0 Å². The van der Waals surface area contributed by atoms with E-state index in [0.29, 0.717) is 18.1 Å². The van der Waals surface area contributed by atoms with E-state index < -0.39 is 0 Å². The lowest BCUT2D eigenvalue weighted by Gasteiger charge is -2.26. The largest absolute Gasteiger partial charge is 0.379 e. The van der Waals surface area contributed by atoms with Gasteiger partial charge in [0, 0.05) is 43.5 Å². The molecule has 2 aromatic heterocycles. The van der Waals surface area contributed by atoms with E-state index in [1.807, 2.05) is 26.0 Å². The molecule has 24 heavy (non-hydrogen) atoms. The predicted octanol–water partition coefficient (Wildman–Crippen LogP) is 1.16. The lowest BCUT2D eigenvalue weighted by atomic mass is 10.1. The van der Waals surface area contributed by atoms with E-state index in [2.05, 4.69) is 20.0 Å². The molecule has 0 radical (unpaired) electrons. The second-order valence-electron chi connectivity index (χ2n) is 6.20. The second kappa shape index (κ2) is 7.63. The maximum absolute atomic E-state index is 12.6. The van der Waals surface area contributed by atoms with Crippen molar-refractivity contribution < 1.29 is 4.74 Å². The Bertz CT molecular complexity index is 724. The number of pyridine rings is 1. The van der Waals surface area contributed by atoms with E-state index in [4.69, 9.17) is 4.74 Å². The third-order valence-corrected chi connectivity index (χ3v) is 4.09. The van der Waals surface area contributed by atoms with Crippen molar-refractivity contribution in [3.05, 3.63) is 40.6 Å². The minimum Gasteiger partial charge on any atom is -0.379 e. The molecule has 1 aliphatic rings. The van der Waals surface area contributed by atoms with E-state index in [9.17, 15) is 4.79 Å². The van der Waals surface area contributed by atoms with Gasteiger partial charge in [0.15, 0.2) is 5.82 Å². The molecule has 0 aromatic carbocycles. The van der Waals surface area contributed by atoms with E-state index >= 15 is 0 Å². The Hall–Kier alpha value is -2.12. The lowest BCUT2D eigenvalue weighted by molar-refractivity contribution is 0.0357. The molecule has 0 unspecified atom stereocenters. The van der Waals surface area contributed by atoms with Crippen LogP contribution in [-0.4, -0.2) is 57.5 Å². The standard InChI is InChI=1S/C17H23N5O2/c1-13(2)15-17(23)22(7-6-21-8-10-24-11-9-21)20-16(19-15)14-4-3-5-18-12-14/h3-5,12-13H,6-11H2,1-2H3. The number of ether oxygens (including phenoxy) is 1. The highest BCUT2D eigenvalue weighted by Crippen LogP contribution is 2.14. The number of rotatable bonds is 5. The Balaban J connectivity index is 1.89. The van der Waals surface area contributed by atoms with Gasteiger partial charge in [-0.3, -0.25) is 14.7 Å². The van der Waals surface area contributed by atoms with E-state index in [1.54, 1.807) is 17.1 Å². The van der Waals surface area contributed by atoms with Crippen LogP contribution >= 0.6 is 0 Å². The van der Waals surface area contributed by atoms with E-state index in [0.717, 1.165) is 38.4 Å². The first-order valence-electron chi connectivity index (χ1n) is 8.34. The van der Waals surface area contributed by atoms with Crippen LogP contribution in [0.4, 0.5) is 0 Å². The van der Waals surface area contributed by atoms with E-state index in [-0.39, 0.29) is 11.5 Å². The van der Waals surface area contributed by atoms with Crippen molar-refractivity contribution in [2.45, 2.75) is 26.3 Å². The summed E-state index contributed by atoms with van der Waals surface area (Å²) in [6.07, 6.45) is 3.43. The summed E-state index contributed by atoms with van der Waals surface area (Å²) in [7, 11) is 0. The number of morpholine rings is 1. The van der Waals surface area contributed by atoms with Gasteiger partial charge in [-0.1, -0.05) is 13.8 Å². The minimum absolute atomic E-state index is 0.0468. The quantitative estimate of drug-likeness (QED) is 0.819. The van der Waals surface area contributed by atoms with Crippen molar-refractivity contribution in [2.75, 3.05) is 32.8 Å². The normalized spacial score (nSPS) is 15.8. The summed E-state index contributed by atoms with van der Waals surface area (Å²) in [5, 5.41) is 4.47. The first-order chi connectivity index (χ1) is 11.6. The number of hydrogen-bond acceptors (Lipinski definition) is 6. The Morgan fingerprint density at radius 2 is 2.04 bits per heavy atom. The van der Waals surface area contributed by atoms with Crippen LogP contribution in [0.3, 0.4) is 0 Å². The minimum atomic E-state index is -0.106. The van der Waals surface area contributed by atoms with Crippen molar-refractivity contribution in [3.8, 4) is 11.4 Å². The van der Waals surface area contributed by atoms with Crippen LogP contribution in [0.5, 0.6) is 0 Å². The zero-order valence-corrected chi connectivity index (χ0v) is 14.2. The molecule has 3 heterocycles. The Morgan fingerprint density at radius 1 is 1.25 bits per heavy atom. The van der Waals surface area contributed by atoms with Crippen LogP contribution in [0.25, 0.3) is 11.4 Å². The Labute approximate surface area is 141 Å². The summed E-state index contributed by atoms with van der Waals surface area (Å²) in [5.74, 6) is 0.596. The van der Waals surface area contributed by atoms with Gasteiger partial charge in [-0.05, 0) is 12.1 Å². The molecule has 3 rings (SSSR count). The van der Waals surface area contributed by atoms with Crippen molar-refractivity contribution in [3.63, 3.8) is 0 Å². The molecular weight excluding hydrogens is 306 g/mol. The molecular formula is C17H23N5O2. The zero-order chi connectivity index (χ0) is 16.9. The molecule has 2 aromatic rings. The Morgan fingerprint density at radius 3 is 2.71 bits per heavy atom.